The highest BCUT2D eigenvalue weighted by Gasteiger charge is 2.41. The van der Waals surface area contributed by atoms with Crippen molar-refractivity contribution in [1.82, 2.24) is 9.97 Å². The number of rotatable bonds is 4. The molecule has 1 N–H and O–H groups in total. The summed E-state index contributed by atoms with van der Waals surface area (Å²) in [5.41, 5.74) is -0.411. The lowest BCUT2D eigenvalue weighted by molar-refractivity contribution is -0.150. The van der Waals surface area contributed by atoms with Gasteiger partial charge in [0.15, 0.2) is 0 Å². The van der Waals surface area contributed by atoms with E-state index in [9.17, 15) is 4.79 Å². The van der Waals surface area contributed by atoms with Crippen molar-refractivity contribution in [2.75, 3.05) is 24.6 Å². The van der Waals surface area contributed by atoms with Gasteiger partial charge >= 0.3 is 5.97 Å². The molecule has 0 bridgehead atoms. The van der Waals surface area contributed by atoms with Crippen LogP contribution in [-0.2, 0) is 9.53 Å². The van der Waals surface area contributed by atoms with Crippen molar-refractivity contribution >= 4 is 33.3 Å². The Kier molecular flexibility index (Phi) is 2.87. The number of carbonyl (C=O) groups is 1. The first-order valence-corrected chi connectivity index (χ1v) is 6.74. The van der Waals surface area contributed by atoms with Crippen LogP contribution in [0.5, 0.6) is 0 Å². The summed E-state index contributed by atoms with van der Waals surface area (Å²) in [5, 5.41) is 11.7. The minimum absolute atomic E-state index is 0.262. The smallest absolute Gasteiger partial charge is 0.329 e. The molecule has 3 heterocycles. The molecule has 7 heteroatoms. The number of nitrogens with zero attached hydrogens (tertiary/aromatic N) is 3. The normalized spacial score (nSPS) is 17.4. The molecule has 2 aromatic rings. The molecule has 0 saturated carbocycles. The molecule has 100 valence electrons. The Morgan fingerprint density at radius 3 is 3.11 bits per heavy atom. The van der Waals surface area contributed by atoms with Crippen LogP contribution in [-0.4, -0.2) is 46.3 Å². The van der Waals surface area contributed by atoms with E-state index in [-0.39, 0.29) is 6.61 Å². The number of hydrogen-bond donors (Lipinski definition) is 1. The largest absolute Gasteiger partial charge is 0.480 e. The van der Waals surface area contributed by atoms with Crippen LogP contribution in [0, 0.1) is 0 Å². The topological polar surface area (TPSA) is 75.6 Å². The molecular weight excluding hydrogens is 266 g/mol. The summed E-state index contributed by atoms with van der Waals surface area (Å²) >= 11 is 1.58. The Labute approximate surface area is 113 Å². The van der Waals surface area contributed by atoms with E-state index in [0.29, 0.717) is 13.1 Å². The van der Waals surface area contributed by atoms with E-state index < -0.39 is 11.6 Å². The van der Waals surface area contributed by atoms with Gasteiger partial charge in [-0.2, -0.15) is 0 Å². The predicted molar refractivity (Wildman–Crippen MR) is 71.6 cm³/mol. The molecule has 0 unspecified atom stereocenters. The number of aliphatic carboxylic acids is 1. The summed E-state index contributed by atoms with van der Waals surface area (Å²) in [6, 6.07) is 2.00. The molecule has 1 saturated heterocycles. The molecule has 1 fully saturated rings. The van der Waals surface area contributed by atoms with E-state index >= 15 is 0 Å². The molecule has 3 rings (SSSR count). The number of aromatic nitrogens is 2. The van der Waals surface area contributed by atoms with Crippen LogP contribution in [0.1, 0.15) is 6.92 Å². The van der Waals surface area contributed by atoms with Crippen molar-refractivity contribution in [3.05, 3.63) is 17.8 Å². The lowest BCUT2D eigenvalue weighted by Crippen LogP contribution is -2.62. The van der Waals surface area contributed by atoms with Crippen molar-refractivity contribution < 1.29 is 14.6 Å². The summed E-state index contributed by atoms with van der Waals surface area (Å²) < 4.78 is 5.39. The Hall–Kier alpha value is -1.73. The third kappa shape index (κ3) is 2.26. The Balaban J connectivity index is 1.73. The molecule has 0 aliphatic carbocycles. The van der Waals surface area contributed by atoms with E-state index in [4.69, 9.17) is 9.84 Å². The first kappa shape index (κ1) is 12.3. The molecule has 1 aliphatic heterocycles. The average Bonchev–Trinajstić information content (AvgIpc) is 2.81. The number of ether oxygens (including phenoxy) is 1. The molecule has 6 nitrogen and oxygen atoms in total. The Morgan fingerprint density at radius 2 is 2.37 bits per heavy atom. The van der Waals surface area contributed by atoms with Crippen LogP contribution in [0.3, 0.4) is 0 Å². The second kappa shape index (κ2) is 4.43. The van der Waals surface area contributed by atoms with Gasteiger partial charge in [0.25, 0.3) is 0 Å². The van der Waals surface area contributed by atoms with Crippen molar-refractivity contribution in [2.24, 2.45) is 0 Å². The van der Waals surface area contributed by atoms with Gasteiger partial charge in [0.2, 0.25) is 0 Å². The monoisotopic (exact) mass is 279 g/mol. The summed E-state index contributed by atoms with van der Waals surface area (Å²) in [7, 11) is 0. The maximum atomic E-state index is 10.5. The van der Waals surface area contributed by atoms with Gasteiger partial charge in [-0.05, 0) is 18.4 Å². The Bertz CT molecular complexity index is 621. The molecule has 19 heavy (non-hydrogen) atoms. The van der Waals surface area contributed by atoms with Gasteiger partial charge in [0.1, 0.15) is 29.2 Å². The van der Waals surface area contributed by atoms with Crippen LogP contribution in [0.4, 0.5) is 5.82 Å². The maximum Gasteiger partial charge on any atom is 0.329 e. The molecular formula is C12H13N3O3S. The van der Waals surface area contributed by atoms with E-state index in [2.05, 4.69) is 14.9 Å². The standard InChI is InChI=1S/C12H13N3O3S/c1-12(18-4-9(16)17)5-15(6-12)10-8-2-3-19-11(8)14-7-13-10/h2-3,7H,4-6H2,1H3,(H,16,17). The highest BCUT2D eigenvalue weighted by atomic mass is 32.1. The van der Waals surface area contributed by atoms with E-state index in [1.165, 1.54) is 0 Å². The van der Waals surface area contributed by atoms with Crippen molar-refractivity contribution in [3.63, 3.8) is 0 Å². The van der Waals surface area contributed by atoms with Gasteiger partial charge in [-0.15, -0.1) is 11.3 Å². The predicted octanol–water partition coefficient (Wildman–Crippen LogP) is 1.37. The molecule has 0 atom stereocenters. The average molecular weight is 279 g/mol. The van der Waals surface area contributed by atoms with Crippen molar-refractivity contribution in [1.29, 1.82) is 0 Å². The number of fused-ring (bicyclic) bond motifs is 1. The minimum Gasteiger partial charge on any atom is -0.480 e. The van der Waals surface area contributed by atoms with Gasteiger partial charge in [-0.25, -0.2) is 14.8 Å². The molecule has 0 amide bonds. The van der Waals surface area contributed by atoms with Gasteiger partial charge in [-0.1, -0.05) is 0 Å². The summed E-state index contributed by atoms with van der Waals surface area (Å²) in [6.45, 7) is 2.94. The number of carboxylic acids is 1. The first-order chi connectivity index (χ1) is 9.07. The fourth-order valence-electron chi connectivity index (χ4n) is 2.27. The van der Waals surface area contributed by atoms with Crippen molar-refractivity contribution in [2.45, 2.75) is 12.5 Å². The quantitative estimate of drug-likeness (QED) is 0.911. The Morgan fingerprint density at radius 1 is 1.58 bits per heavy atom. The molecule has 2 aromatic heterocycles. The summed E-state index contributed by atoms with van der Waals surface area (Å²) in [6.07, 6.45) is 1.56. The van der Waals surface area contributed by atoms with Crippen LogP contribution >= 0.6 is 11.3 Å². The van der Waals surface area contributed by atoms with E-state index in [0.717, 1.165) is 16.0 Å². The van der Waals surface area contributed by atoms with Gasteiger partial charge in [-0.3, -0.25) is 0 Å². The lowest BCUT2D eigenvalue weighted by atomic mass is 9.96. The third-order valence-corrected chi connectivity index (χ3v) is 3.96. The van der Waals surface area contributed by atoms with Crippen LogP contribution in [0.2, 0.25) is 0 Å². The molecule has 0 spiro atoms. The van der Waals surface area contributed by atoms with Gasteiger partial charge < -0.3 is 14.7 Å². The molecule has 0 radical (unpaired) electrons. The van der Waals surface area contributed by atoms with Gasteiger partial charge in [0.05, 0.1) is 18.5 Å². The molecule has 1 aliphatic rings. The maximum absolute atomic E-state index is 10.5. The zero-order chi connectivity index (χ0) is 13.5. The van der Waals surface area contributed by atoms with E-state index in [1.807, 2.05) is 18.4 Å². The minimum atomic E-state index is -0.943. The zero-order valence-electron chi connectivity index (χ0n) is 10.4. The van der Waals surface area contributed by atoms with Crippen molar-refractivity contribution in [3.8, 4) is 0 Å². The van der Waals surface area contributed by atoms with Crippen LogP contribution in [0.15, 0.2) is 17.8 Å². The summed E-state index contributed by atoms with van der Waals surface area (Å²) in [4.78, 5) is 22.1. The fraction of sp³-hybridized carbons (Fsp3) is 0.417. The molecule has 0 aromatic carbocycles. The number of carboxylic acid groups (broad SMARTS) is 1. The summed E-state index contributed by atoms with van der Waals surface area (Å²) in [5.74, 6) is -0.0513. The first-order valence-electron chi connectivity index (χ1n) is 5.86. The van der Waals surface area contributed by atoms with Crippen LogP contribution in [0.25, 0.3) is 10.2 Å². The second-order valence-corrected chi connectivity index (χ2v) is 5.72. The van der Waals surface area contributed by atoms with Crippen LogP contribution < -0.4 is 4.90 Å². The highest BCUT2D eigenvalue weighted by molar-refractivity contribution is 7.16. The van der Waals surface area contributed by atoms with Gasteiger partial charge in [0, 0.05) is 0 Å². The number of thiophene rings is 1. The second-order valence-electron chi connectivity index (χ2n) is 4.83. The third-order valence-electron chi connectivity index (χ3n) is 3.13. The lowest BCUT2D eigenvalue weighted by Gasteiger charge is -2.48. The highest BCUT2D eigenvalue weighted by Crippen LogP contribution is 2.34. The fourth-order valence-corrected chi connectivity index (χ4v) is 2.99. The SMILES string of the molecule is CC1(OCC(=O)O)CN(c2ncnc3sccc23)C1. The van der Waals surface area contributed by atoms with E-state index in [1.54, 1.807) is 17.7 Å². The zero-order valence-corrected chi connectivity index (χ0v) is 11.2. The number of anilines is 1. The number of hydrogen-bond acceptors (Lipinski definition) is 6.